The number of aliphatic hydroxyl groups is 1. The Labute approximate surface area is 265 Å². The Balaban J connectivity index is 1.51. The number of amides is 1. The van der Waals surface area contributed by atoms with Gasteiger partial charge >= 0.3 is 0 Å². The minimum absolute atomic E-state index is 0.0120. The van der Waals surface area contributed by atoms with Crippen molar-refractivity contribution in [3.05, 3.63) is 167 Å². The average Bonchev–Trinajstić information content (AvgIpc) is 3.84. The van der Waals surface area contributed by atoms with Gasteiger partial charge in [0.25, 0.3) is 0 Å². The van der Waals surface area contributed by atoms with Gasteiger partial charge in [-0.05, 0) is 59.4 Å². The summed E-state index contributed by atoms with van der Waals surface area (Å²) >= 11 is 0. The second kappa shape index (κ2) is 11.8. The van der Waals surface area contributed by atoms with Crippen molar-refractivity contribution in [3.8, 4) is 0 Å². The van der Waals surface area contributed by atoms with Crippen molar-refractivity contribution in [2.24, 2.45) is 5.41 Å². The van der Waals surface area contributed by atoms with E-state index in [0.29, 0.717) is 29.4 Å². The van der Waals surface area contributed by atoms with Gasteiger partial charge in [-0.1, -0.05) is 109 Å². The van der Waals surface area contributed by atoms with Crippen LogP contribution in [0.1, 0.15) is 40.8 Å². The van der Waals surface area contributed by atoms with Crippen molar-refractivity contribution in [2.45, 2.75) is 18.4 Å². The Bertz CT molecular complexity index is 1940. The summed E-state index contributed by atoms with van der Waals surface area (Å²) in [4.78, 5) is 13.1. The molecule has 7 heteroatoms. The lowest BCUT2D eigenvalue weighted by Gasteiger charge is -2.37. The molecule has 5 aromatic carbocycles. The summed E-state index contributed by atoms with van der Waals surface area (Å²) in [6.45, 7) is -0.292. The molecule has 0 radical (unpaired) electrons. The first-order valence-corrected chi connectivity index (χ1v) is 15.2. The fraction of sp³-hybridized carbons (Fsp3) is 0.128. The molecule has 1 aromatic heterocycles. The van der Waals surface area contributed by atoms with Crippen LogP contribution in [0.3, 0.4) is 0 Å². The summed E-state index contributed by atoms with van der Waals surface area (Å²) in [7, 11) is 0. The minimum atomic E-state index is -1.02. The Morgan fingerprint density at radius 1 is 0.804 bits per heavy atom. The largest absolute Gasteiger partial charge is 0.395 e. The van der Waals surface area contributed by atoms with Crippen molar-refractivity contribution in [1.29, 1.82) is 0 Å². The summed E-state index contributed by atoms with van der Waals surface area (Å²) in [5, 5.41) is 18.3. The first-order chi connectivity index (χ1) is 22.4. The SMILES string of the molecule is O=C(Nc1cc2c(C=Cc3ccc(F)cc3)nn(C(c3ccccc3)(c3ccccc3)c3ccccc3)c2cc1F)C1(CO)CC1. The summed E-state index contributed by atoms with van der Waals surface area (Å²) < 4.78 is 31.6. The number of carbonyl (C=O) groups is 1. The number of nitrogens with one attached hydrogen (secondary N) is 1. The van der Waals surface area contributed by atoms with Crippen molar-refractivity contribution >= 4 is 34.6 Å². The van der Waals surface area contributed by atoms with Gasteiger partial charge in [-0.2, -0.15) is 5.10 Å². The molecular formula is C39H31F2N3O2. The molecular weight excluding hydrogens is 580 g/mol. The maximum atomic E-state index is 16.1. The lowest BCUT2D eigenvalue weighted by molar-refractivity contribution is -0.122. The van der Waals surface area contributed by atoms with E-state index in [9.17, 15) is 14.3 Å². The summed E-state index contributed by atoms with van der Waals surface area (Å²) in [5.41, 5.74) is 2.68. The molecule has 1 heterocycles. The highest BCUT2D eigenvalue weighted by atomic mass is 19.1. The topological polar surface area (TPSA) is 67.2 Å². The number of benzene rings is 5. The number of nitrogens with zero attached hydrogens (tertiary/aromatic N) is 2. The first-order valence-electron chi connectivity index (χ1n) is 15.2. The second-order valence-electron chi connectivity index (χ2n) is 11.7. The zero-order chi connectivity index (χ0) is 31.7. The van der Waals surface area contributed by atoms with Gasteiger partial charge in [0.05, 0.1) is 28.9 Å². The van der Waals surface area contributed by atoms with Crippen molar-refractivity contribution < 1.29 is 18.7 Å². The monoisotopic (exact) mass is 611 g/mol. The van der Waals surface area contributed by atoms with Crippen molar-refractivity contribution in [3.63, 3.8) is 0 Å². The summed E-state index contributed by atoms with van der Waals surface area (Å²) in [5.74, 6) is -1.36. The van der Waals surface area contributed by atoms with E-state index in [0.717, 1.165) is 22.3 Å². The number of carbonyl (C=O) groups excluding carboxylic acids is 1. The molecule has 1 amide bonds. The zero-order valence-corrected chi connectivity index (χ0v) is 24.9. The van der Waals surface area contributed by atoms with Crippen LogP contribution in [0.2, 0.25) is 0 Å². The number of hydrogen-bond acceptors (Lipinski definition) is 3. The van der Waals surface area contributed by atoms with E-state index in [1.807, 2.05) is 108 Å². The number of aromatic nitrogens is 2. The molecule has 1 saturated carbocycles. The van der Waals surface area contributed by atoms with Gasteiger partial charge in [0.15, 0.2) is 0 Å². The van der Waals surface area contributed by atoms with E-state index in [1.165, 1.54) is 18.2 Å². The van der Waals surface area contributed by atoms with Gasteiger partial charge in [-0.15, -0.1) is 0 Å². The Kier molecular flexibility index (Phi) is 7.54. The van der Waals surface area contributed by atoms with Gasteiger partial charge in [0.1, 0.15) is 17.2 Å². The Hall–Kier alpha value is -5.40. The first kappa shape index (κ1) is 29.3. The summed E-state index contributed by atoms with van der Waals surface area (Å²) in [6.07, 6.45) is 4.75. The molecule has 5 nitrogen and oxygen atoms in total. The normalized spacial score (nSPS) is 14.1. The number of hydrogen-bond donors (Lipinski definition) is 2. The van der Waals surface area contributed by atoms with E-state index in [2.05, 4.69) is 5.32 Å². The van der Waals surface area contributed by atoms with Gasteiger partial charge in [-0.3, -0.25) is 4.79 Å². The molecule has 0 atom stereocenters. The smallest absolute Gasteiger partial charge is 0.232 e. The van der Waals surface area contributed by atoms with Crippen LogP contribution in [0.4, 0.5) is 14.5 Å². The summed E-state index contributed by atoms with van der Waals surface area (Å²) in [6, 6.07) is 39.1. The maximum absolute atomic E-state index is 16.1. The van der Waals surface area contributed by atoms with E-state index < -0.39 is 22.7 Å². The highest BCUT2D eigenvalue weighted by Crippen LogP contribution is 2.47. The lowest BCUT2D eigenvalue weighted by atomic mass is 9.77. The van der Waals surface area contributed by atoms with E-state index in [-0.39, 0.29) is 18.1 Å². The van der Waals surface area contributed by atoms with Crippen LogP contribution in [0.15, 0.2) is 127 Å². The Morgan fingerprint density at radius 3 is 1.85 bits per heavy atom. The van der Waals surface area contributed by atoms with Crippen molar-refractivity contribution in [1.82, 2.24) is 9.78 Å². The van der Waals surface area contributed by atoms with Crippen LogP contribution >= 0.6 is 0 Å². The van der Waals surface area contributed by atoms with Crippen LogP contribution in [-0.2, 0) is 10.3 Å². The number of rotatable bonds is 9. The zero-order valence-electron chi connectivity index (χ0n) is 24.9. The molecule has 1 aliphatic rings. The number of halogens is 2. The minimum Gasteiger partial charge on any atom is -0.395 e. The predicted octanol–water partition coefficient (Wildman–Crippen LogP) is 8.04. The molecule has 6 aromatic rings. The quantitative estimate of drug-likeness (QED) is 0.163. The fourth-order valence-corrected chi connectivity index (χ4v) is 6.15. The fourth-order valence-electron chi connectivity index (χ4n) is 6.15. The number of anilines is 1. The van der Waals surface area contributed by atoms with Crippen LogP contribution < -0.4 is 5.32 Å². The average molecular weight is 612 g/mol. The predicted molar refractivity (Wildman–Crippen MR) is 177 cm³/mol. The van der Waals surface area contributed by atoms with Gasteiger partial charge in [-0.25, -0.2) is 13.5 Å². The van der Waals surface area contributed by atoms with Crippen molar-refractivity contribution in [2.75, 3.05) is 11.9 Å². The molecule has 0 spiro atoms. The third-order valence-electron chi connectivity index (χ3n) is 8.88. The van der Waals surface area contributed by atoms with E-state index >= 15 is 4.39 Å². The molecule has 7 rings (SSSR count). The Morgan fingerprint density at radius 2 is 1.35 bits per heavy atom. The highest BCUT2D eigenvalue weighted by molar-refractivity contribution is 6.00. The lowest BCUT2D eigenvalue weighted by Crippen LogP contribution is -2.38. The van der Waals surface area contributed by atoms with Crippen LogP contribution in [0.5, 0.6) is 0 Å². The molecule has 228 valence electrons. The van der Waals surface area contributed by atoms with Gasteiger partial charge in [0.2, 0.25) is 5.91 Å². The highest BCUT2D eigenvalue weighted by Gasteiger charge is 2.49. The molecule has 2 N–H and O–H groups in total. The van der Waals surface area contributed by atoms with E-state index in [1.54, 1.807) is 18.2 Å². The maximum Gasteiger partial charge on any atom is 0.232 e. The third-order valence-corrected chi connectivity index (χ3v) is 8.88. The van der Waals surface area contributed by atoms with Crippen LogP contribution in [-0.4, -0.2) is 27.4 Å². The molecule has 1 fully saturated rings. The standard InChI is InChI=1S/C39H31F2N3O2/c40-31-19-16-27(17-20-31)18-21-34-32-24-35(42-37(46)38(26-45)22-23-38)33(41)25-36(32)44(43-34)39(28-10-4-1-5-11-28,29-12-6-2-7-13-29)30-14-8-3-9-15-30/h1-21,24-25,45H,22-23,26H2,(H,42,46). The third kappa shape index (κ3) is 5.08. The molecule has 0 unspecified atom stereocenters. The van der Waals surface area contributed by atoms with E-state index in [4.69, 9.17) is 5.10 Å². The van der Waals surface area contributed by atoms with Gasteiger partial charge < -0.3 is 10.4 Å². The molecule has 0 aliphatic heterocycles. The molecule has 46 heavy (non-hydrogen) atoms. The number of aliphatic hydroxyl groups excluding tert-OH is 1. The van der Waals surface area contributed by atoms with Gasteiger partial charge in [0, 0.05) is 11.5 Å². The molecule has 0 saturated heterocycles. The number of fused-ring (bicyclic) bond motifs is 1. The molecule has 1 aliphatic carbocycles. The van der Waals surface area contributed by atoms with Crippen LogP contribution in [0.25, 0.3) is 23.1 Å². The molecule has 0 bridgehead atoms. The van der Waals surface area contributed by atoms with Crippen LogP contribution in [0, 0.1) is 17.0 Å². The second-order valence-corrected chi connectivity index (χ2v) is 11.7.